The number of hydrogen-bond donors (Lipinski definition) is 2. The molecular weight excluding hydrogens is 264 g/mol. The summed E-state index contributed by atoms with van der Waals surface area (Å²) in [7, 11) is 0. The number of hydrazone groups is 1. The van der Waals surface area contributed by atoms with Gasteiger partial charge < -0.3 is 5.73 Å². The maximum atomic E-state index is 11.8. The van der Waals surface area contributed by atoms with Crippen LogP contribution in [-0.4, -0.2) is 27.9 Å². The number of aliphatic imine (C=N–C) groups is 1. The number of carbonyl (C=O) groups excluding carboxylic acids is 2. The largest absolute Gasteiger partial charge is 0.350 e. The Kier molecular flexibility index (Phi) is 3.96. The molecule has 3 amide bonds. The van der Waals surface area contributed by atoms with Crippen LogP contribution in [0, 0.1) is 0 Å². The molecule has 1 unspecified atom stereocenters. The van der Waals surface area contributed by atoms with E-state index in [1.807, 2.05) is 30.3 Å². The standard InChI is InChI=1S/C12H12N4O2S/c1-7(15-16-12(13)18)9-10(17)14-11(19-9)8-5-3-2-4-6-8/h2-6,9H,1H3,(H3,13,16,18)/b15-7+. The van der Waals surface area contributed by atoms with Crippen LogP contribution in [0.5, 0.6) is 0 Å². The van der Waals surface area contributed by atoms with Gasteiger partial charge in [0.05, 0.1) is 5.71 Å². The first-order valence-corrected chi connectivity index (χ1v) is 6.40. The number of hydrogen-bond acceptors (Lipinski definition) is 4. The first-order chi connectivity index (χ1) is 9.08. The zero-order valence-corrected chi connectivity index (χ0v) is 11.0. The molecule has 0 fully saturated rings. The van der Waals surface area contributed by atoms with Gasteiger partial charge in [0.25, 0.3) is 5.91 Å². The highest BCUT2D eigenvalue weighted by Gasteiger charge is 2.31. The Labute approximate surface area is 114 Å². The van der Waals surface area contributed by atoms with Crippen LogP contribution in [0.25, 0.3) is 0 Å². The number of urea groups is 1. The number of primary amides is 1. The molecule has 6 nitrogen and oxygen atoms in total. The molecule has 0 aliphatic carbocycles. The van der Waals surface area contributed by atoms with E-state index in [0.717, 1.165) is 5.56 Å². The summed E-state index contributed by atoms with van der Waals surface area (Å²) >= 11 is 1.31. The molecule has 19 heavy (non-hydrogen) atoms. The number of benzene rings is 1. The average molecular weight is 276 g/mol. The lowest BCUT2D eigenvalue weighted by Gasteiger charge is -2.06. The van der Waals surface area contributed by atoms with Crippen molar-refractivity contribution in [1.82, 2.24) is 5.43 Å². The van der Waals surface area contributed by atoms with Gasteiger partial charge in [-0.1, -0.05) is 42.1 Å². The molecule has 1 heterocycles. The summed E-state index contributed by atoms with van der Waals surface area (Å²) in [5.74, 6) is -0.281. The molecule has 2 rings (SSSR count). The van der Waals surface area contributed by atoms with E-state index in [4.69, 9.17) is 5.73 Å². The summed E-state index contributed by atoms with van der Waals surface area (Å²) in [4.78, 5) is 26.4. The van der Waals surface area contributed by atoms with Crippen molar-refractivity contribution in [2.75, 3.05) is 0 Å². The van der Waals surface area contributed by atoms with Gasteiger partial charge in [-0.25, -0.2) is 15.2 Å². The zero-order valence-electron chi connectivity index (χ0n) is 10.2. The van der Waals surface area contributed by atoms with Crippen molar-refractivity contribution in [3.63, 3.8) is 0 Å². The zero-order chi connectivity index (χ0) is 13.8. The molecule has 98 valence electrons. The highest BCUT2D eigenvalue weighted by molar-refractivity contribution is 8.16. The van der Waals surface area contributed by atoms with E-state index in [1.54, 1.807) is 6.92 Å². The summed E-state index contributed by atoms with van der Waals surface area (Å²) in [6, 6.07) is 8.66. The van der Waals surface area contributed by atoms with Gasteiger partial charge in [0.2, 0.25) is 0 Å². The predicted octanol–water partition coefficient (Wildman–Crippen LogP) is 1.12. The molecule has 0 radical (unpaired) electrons. The van der Waals surface area contributed by atoms with Gasteiger partial charge in [0, 0.05) is 5.56 Å². The van der Waals surface area contributed by atoms with E-state index in [1.165, 1.54) is 11.8 Å². The molecule has 0 bridgehead atoms. The van der Waals surface area contributed by atoms with Crippen molar-refractivity contribution >= 4 is 34.5 Å². The van der Waals surface area contributed by atoms with Crippen molar-refractivity contribution in [3.8, 4) is 0 Å². The Morgan fingerprint density at radius 3 is 2.74 bits per heavy atom. The maximum Gasteiger partial charge on any atom is 0.332 e. The van der Waals surface area contributed by atoms with Gasteiger partial charge in [-0.3, -0.25) is 4.79 Å². The quantitative estimate of drug-likeness (QED) is 0.639. The highest BCUT2D eigenvalue weighted by Crippen LogP contribution is 2.27. The minimum Gasteiger partial charge on any atom is -0.350 e. The van der Waals surface area contributed by atoms with Gasteiger partial charge in [-0.05, 0) is 6.92 Å². The molecule has 1 aliphatic heterocycles. The van der Waals surface area contributed by atoms with E-state index < -0.39 is 11.3 Å². The van der Waals surface area contributed by atoms with E-state index in [9.17, 15) is 9.59 Å². The lowest BCUT2D eigenvalue weighted by Crippen LogP contribution is -2.29. The van der Waals surface area contributed by atoms with Crippen LogP contribution in [0.3, 0.4) is 0 Å². The molecule has 3 N–H and O–H groups in total. The molecule has 0 saturated heterocycles. The van der Waals surface area contributed by atoms with Crippen molar-refractivity contribution in [1.29, 1.82) is 0 Å². The Morgan fingerprint density at radius 1 is 1.42 bits per heavy atom. The Balaban J connectivity index is 2.12. The van der Waals surface area contributed by atoms with Crippen LogP contribution in [0.1, 0.15) is 12.5 Å². The molecule has 1 aromatic rings. The minimum atomic E-state index is -0.765. The number of nitrogens with two attached hydrogens (primary N) is 1. The summed E-state index contributed by atoms with van der Waals surface area (Å²) < 4.78 is 0. The maximum absolute atomic E-state index is 11.8. The summed E-state index contributed by atoms with van der Waals surface area (Å²) in [5, 5.41) is 3.91. The second kappa shape index (κ2) is 5.66. The van der Waals surface area contributed by atoms with Crippen LogP contribution < -0.4 is 11.2 Å². The molecule has 0 aromatic heterocycles. The van der Waals surface area contributed by atoms with Crippen molar-refractivity contribution in [2.45, 2.75) is 12.2 Å². The lowest BCUT2D eigenvalue weighted by molar-refractivity contribution is -0.116. The highest BCUT2D eigenvalue weighted by atomic mass is 32.2. The topological polar surface area (TPSA) is 96.9 Å². The molecule has 1 aromatic carbocycles. The molecular formula is C12H12N4O2S. The Bertz CT molecular complexity index is 568. The molecule has 7 heteroatoms. The van der Waals surface area contributed by atoms with Crippen LogP contribution in [0.15, 0.2) is 40.4 Å². The van der Waals surface area contributed by atoms with E-state index in [2.05, 4.69) is 15.5 Å². The monoisotopic (exact) mass is 276 g/mol. The third-order valence-corrected chi connectivity index (χ3v) is 3.74. The number of nitrogens with zero attached hydrogens (tertiary/aromatic N) is 2. The lowest BCUT2D eigenvalue weighted by atomic mass is 10.2. The van der Waals surface area contributed by atoms with Crippen molar-refractivity contribution < 1.29 is 9.59 Å². The number of carbonyl (C=O) groups is 2. The fraction of sp³-hybridized carbons (Fsp3) is 0.167. The summed E-state index contributed by atoms with van der Waals surface area (Å²) in [6.45, 7) is 1.65. The van der Waals surface area contributed by atoms with Gasteiger partial charge in [-0.2, -0.15) is 5.10 Å². The predicted molar refractivity (Wildman–Crippen MR) is 75.2 cm³/mol. The third-order valence-electron chi connectivity index (χ3n) is 2.41. The second-order valence-electron chi connectivity index (χ2n) is 3.85. The average Bonchev–Trinajstić information content (AvgIpc) is 2.79. The third kappa shape index (κ3) is 3.19. The van der Waals surface area contributed by atoms with E-state index >= 15 is 0 Å². The van der Waals surface area contributed by atoms with Crippen LogP contribution >= 0.6 is 11.8 Å². The molecule has 0 saturated carbocycles. The summed E-state index contributed by atoms with van der Waals surface area (Å²) in [5.41, 5.74) is 8.37. The van der Waals surface area contributed by atoms with Crippen LogP contribution in [-0.2, 0) is 4.79 Å². The number of nitrogens with one attached hydrogen (secondary N) is 1. The fourth-order valence-corrected chi connectivity index (χ4v) is 2.54. The normalized spacial score (nSPS) is 19.2. The minimum absolute atomic E-state index is 0.281. The first kappa shape index (κ1) is 13.3. The fourth-order valence-electron chi connectivity index (χ4n) is 1.53. The van der Waals surface area contributed by atoms with E-state index in [-0.39, 0.29) is 5.91 Å². The van der Waals surface area contributed by atoms with Crippen molar-refractivity contribution in [3.05, 3.63) is 35.9 Å². The van der Waals surface area contributed by atoms with Gasteiger partial charge in [0.15, 0.2) is 0 Å². The molecule has 1 atom stereocenters. The summed E-state index contributed by atoms with van der Waals surface area (Å²) in [6.07, 6.45) is 0. The second-order valence-corrected chi connectivity index (χ2v) is 4.94. The number of amides is 3. The Morgan fingerprint density at radius 2 is 2.11 bits per heavy atom. The molecule has 1 aliphatic rings. The van der Waals surface area contributed by atoms with Gasteiger partial charge in [-0.15, -0.1) is 0 Å². The van der Waals surface area contributed by atoms with Crippen LogP contribution in [0.4, 0.5) is 4.79 Å². The molecule has 0 spiro atoms. The van der Waals surface area contributed by atoms with Gasteiger partial charge >= 0.3 is 6.03 Å². The van der Waals surface area contributed by atoms with E-state index in [0.29, 0.717) is 10.8 Å². The number of thioether (sulfide) groups is 1. The number of rotatable bonds is 3. The first-order valence-electron chi connectivity index (χ1n) is 5.52. The van der Waals surface area contributed by atoms with Gasteiger partial charge in [0.1, 0.15) is 10.3 Å². The smallest absolute Gasteiger partial charge is 0.332 e. The SMILES string of the molecule is C/C(=N\NC(N)=O)C1SC(c2ccccc2)=NC1=O. The van der Waals surface area contributed by atoms with Crippen molar-refractivity contribution in [2.24, 2.45) is 15.8 Å². The van der Waals surface area contributed by atoms with Crippen LogP contribution in [0.2, 0.25) is 0 Å². The Hall–Kier alpha value is -2.15.